The first-order valence-corrected chi connectivity index (χ1v) is 8.80. The normalized spacial score (nSPS) is 22.5. The maximum Gasteiger partial charge on any atom is 0.412 e. The minimum Gasteiger partial charge on any atom is -0.410 e. The topological polar surface area (TPSA) is 54.0 Å². The third-order valence-corrected chi connectivity index (χ3v) is 4.83. The second-order valence-corrected chi connectivity index (χ2v) is 6.36. The van der Waals surface area contributed by atoms with Crippen molar-refractivity contribution >= 4 is 6.09 Å². The average molecular weight is 333 g/mol. The Morgan fingerprint density at radius 2 is 2.12 bits per heavy atom. The number of amides is 1. The van der Waals surface area contributed by atoms with Crippen molar-refractivity contribution in [2.45, 2.75) is 18.9 Å². The Hall–Kier alpha value is -1.63. The highest BCUT2D eigenvalue weighted by Crippen LogP contribution is 2.33. The van der Waals surface area contributed by atoms with E-state index in [2.05, 4.69) is 21.2 Å². The summed E-state index contributed by atoms with van der Waals surface area (Å²) in [6.45, 7) is 7.07. The Labute approximate surface area is 143 Å². The van der Waals surface area contributed by atoms with Gasteiger partial charge < -0.3 is 14.8 Å². The molecule has 0 spiro atoms. The zero-order valence-electron chi connectivity index (χ0n) is 14.4. The number of nitrogens with zero attached hydrogens (tertiary/aromatic N) is 2. The molecule has 2 fully saturated rings. The molecule has 132 valence electrons. The van der Waals surface area contributed by atoms with Crippen molar-refractivity contribution in [1.82, 2.24) is 15.1 Å². The molecule has 2 aliphatic rings. The van der Waals surface area contributed by atoms with Crippen LogP contribution in [0.4, 0.5) is 4.79 Å². The standard InChI is InChI=1S/C18H27N3O3/c1-19-18(22)24-16-5-2-4-15(14-16)17-6-3-7-21(17)9-8-20-10-12-23-13-11-20/h2,4-5,14,17H,3,6-13H2,1H3,(H,19,22). The smallest absolute Gasteiger partial charge is 0.410 e. The third kappa shape index (κ3) is 4.47. The quantitative estimate of drug-likeness (QED) is 0.892. The molecule has 0 aromatic heterocycles. The van der Waals surface area contributed by atoms with E-state index in [1.165, 1.54) is 12.0 Å². The lowest BCUT2D eigenvalue weighted by molar-refractivity contribution is 0.0327. The molecule has 6 nitrogen and oxygen atoms in total. The molecule has 1 aromatic rings. The number of hydrogen-bond acceptors (Lipinski definition) is 5. The molecule has 2 saturated heterocycles. The van der Waals surface area contributed by atoms with Gasteiger partial charge in [0.15, 0.2) is 0 Å². The highest BCUT2D eigenvalue weighted by atomic mass is 16.5. The van der Waals surface area contributed by atoms with Gasteiger partial charge in [-0.2, -0.15) is 0 Å². The molecule has 1 N–H and O–H groups in total. The van der Waals surface area contributed by atoms with E-state index in [-0.39, 0.29) is 0 Å². The van der Waals surface area contributed by atoms with Crippen LogP contribution in [0.3, 0.4) is 0 Å². The van der Waals surface area contributed by atoms with Crippen LogP contribution in [0, 0.1) is 0 Å². The highest BCUT2D eigenvalue weighted by Gasteiger charge is 2.26. The van der Waals surface area contributed by atoms with Gasteiger partial charge in [0.25, 0.3) is 0 Å². The first-order valence-electron chi connectivity index (χ1n) is 8.80. The van der Waals surface area contributed by atoms with Crippen LogP contribution in [0.2, 0.25) is 0 Å². The average Bonchev–Trinajstić information content (AvgIpc) is 3.09. The van der Waals surface area contributed by atoms with Gasteiger partial charge in [-0.1, -0.05) is 12.1 Å². The molecule has 0 bridgehead atoms. The lowest BCUT2D eigenvalue weighted by Crippen LogP contribution is -2.41. The largest absolute Gasteiger partial charge is 0.412 e. The zero-order valence-corrected chi connectivity index (χ0v) is 14.4. The van der Waals surface area contributed by atoms with Gasteiger partial charge >= 0.3 is 6.09 Å². The van der Waals surface area contributed by atoms with Crippen molar-refractivity contribution in [3.63, 3.8) is 0 Å². The summed E-state index contributed by atoms with van der Waals surface area (Å²) in [5.74, 6) is 0.604. The molecule has 1 aromatic carbocycles. The predicted octanol–water partition coefficient (Wildman–Crippen LogP) is 1.87. The van der Waals surface area contributed by atoms with Crippen molar-refractivity contribution in [3.05, 3.63) is 29.8 Å². The van der Waals surface area contributed by atoms with Crippen LogP contribution in [-0.2, 0) is 4.74 Å². The van der Waals surface area contributed by atoms with Gasteiger partial charge in [-0.15, -0.1) is 0 Å². The van der Waals surface area contributed by atoms with Gasteiger partial charge in [0.05, 0.1) is 13.2 Å². The second-order valence-electron chi connectivity index (χ2n) is 6.36. The van der Waals surface area contributed by atoms with Gasteiger partial charge in [-0.25, -0.2) is 4.79 Å². The highest BCUT2D eigenvalue weighted by molar-refractivity contribution is 5.69. The molecule has 6 heteroatoms. The van der Waals surface area contributed by atoms with Gasteiger partial charge in [0.1, 0.15) is 5.75 Å². The van der Waals surface area contributed by atoms with Crippen LogP contribution >= 0.6 is 0 Å². The molecule has 1 atom stereocenters. The number of benzene rings is 1. The minimum absolute atomic E-state index is 0.416. The summed E-state index contributed by atoms with van der Waals surface area (Å²) in [6.07, 6.45) is 1.95. The molecular weight excluding hydrogens is 306 g/mol. The number of ether oxygens (including phenoxy) is 2. The van der Waals surface area contributed by atoms with E-state index in [0.717, 1.165) is 52.4 Å². The third-order valence-electron chi connectivity index (χ3n) is 4.83. The summed E-state index contributed by atoms with van der Waals surface area (Å²) < 4.78 is 10.7. The number of nitrogens with one attached hydrogen (secondary N) is 1. The Bertz CT molecular complexity index is 546. The van der Waals surface area contributed by atoms with Gasteiger partial charge in [-0.05, 0) is 37.1 Å². The monoisotopic (exact) mass is 333 g/mol. The fourth-order valence-corrected chi connectivity index (χ4v) is 3.51. The summed E-state index contributed by atoms with van der Waals surface area (Å²) in [5.41, 5.74) is 1.23. The van der Waals surface area contributed by atoms with E-state index in [4.69, 9.17) is 9.47 Å². The van der Waals surface area contributed by atoms with Crippen LogP contribution < -0.4 is 10.1 Å². The fourth-order valence-electron chi connectivity index (χ4n) is 3.51. The predicted molar refractivity (Wildman–Crippen MR) is 92.3 cm³/mol. The van der Waals surface area contributed by atoms with Crippen molar-refractivity contribution in [2.75, 3.05) is 53.0 Å². The summed E-state index contributed by atoms with van der Waals surface area (Å²) in [6, 6.07) is 8.33. The van der Waals surface area contributed by atoms with Gasteiger partial charge in [-0.3, -0.25) is 9.80 Å². The van der Waals surface area contributed by atoms with Crippen LogP contribution in [0.5, 0.6) is 5.75 Å². The van der Waals surface area contributed by atoms with E-state index in [1.807, 2.05) is 18.2 Å². The minimum atomic E-state index is -0.428. The van der Waals surface area contributed by atoms with Crippen LogP contribution in [0.25, 0.3) is 0 Å². The number of morpholine rings is 1. The fraction of sp³-hybridized carbons (Fsp3) is 0.611. The number of hydrogen-bond donors (Lipinski definition) is 1. The lowest BCUT2D eigenvalue weighted by atomic mass is 10.0. The number of likely N-dealkylation sites (tertiary alicyclic amines) is 1. The van der Waals surface area contributed by atoms with E-state index in [9.17, 15) is 4.79 Å². The lowest BCUT2D eigenvalue weighted by Gasteiger charge is -2.31. The van der Waals surface area contributed by atoms with Crippen molar-refractivity contribution in [3.8, 4) is 5.75 Å². The molecule has 0 radical (unpaired) electrons. The van der Waals surface area contributed by atoms with Crippen LogP contribution in [0.15, 0.2) is 24.3 Å². The molecule has 24 heavy (non-hydrogen) atoms. The summed E-state index contributed by atoms with van der Waals surface area (Å²) in [7, 11) is 1.57. The van der Waals surface area contributed by atoms with Crippen LogP contribution in [0.1, 0.15) is 24.4 Å². The Kier molecular flexibility index (Phi) is 6.07. The molecule has 3 rings (SSSR count). The van der Waals surface area contributed by atoms with Crippen molar-refractivity contribution in [1.29, 1.82) is 0 Å². The number of carbonyl (C=O) groups is 1. The van der Waals surface area contributed by atoms with Crippen molar-refractivity contribution < 1.29 is 14.3 Å². The van der Waals surface area contributed by atoms with Crippen molar-refractivity contribution in [2.24, 2.45) is 0 Å². The summed E-state index contributed by atoms with van der Waals surface area (Å²) in [5, 5.41) is 2.48. The van der Waals surface area contributed by atoms with E-state index < -0.39 is 6.09 Å². The van der Waals surface area contributed by atoms with Gasteiger partial charge in [0.2, 0.25) is 0 Å². The maximum atomic E-state index is 11.4. The Morgan fingerprint density at radius 3 is 2.92 bits per heavy atom. The number of rotatable bonds is 5. The number of carbonyl (C=O) groups excluding carboxylic acids is 1. The molecule has 0 saturated carbocycles. The van der Waals surface area contributed by atoms with E-state index >= 15 is 0 Å². The maximum absolute atomic E-state index is 11.4. The first-order chi connectivity index (χ1) is 11.8. The Morgan fingerprint density at radius 1 is 1.29 bits per heavy atom. The van der Waals surface area contributed by atoms with E-state index in [0.29, 0.717) is 11.8 Å². The summed E-state index contributed by atoms with van der Waals surface area (Å²) in [4.78, 5) is 16.4. The molecule has 0 aliphatic carbocycles. The SMILES string of the molecule is CNC(=O)Oc1cccc(C2CCCN2CCN2CCOCC2)c1. The molecule has 1 unspecified atom stereocenters. The molecule has 2 heterocycles. The second kappa shape index (κ2) is 8.46. The molecule has 2 aliphatic heterocycles. The zero-order chi connectivity index (χ0) is 16.8. The molecular formula is C18H27N3O3. The molecule has 1 amide bonds. The first kappa shape index (κ1) is 17.2. The van der Waals surface area contributed by atoms with Crippen LogP contribution in [-0.4, -0.2) is 68.9 Å². The Balaban J connectivity index is 1.60. The van der Waals surface area contributed by atoms with Gasteiger partial charge in [0, 0.05) is 39.3 Å². The summed E-state index contributed by atoms with van der Waals surface area (Å²) >= 11 is 0. The van der Waals surface area contributed by atoms with E-state index in [1.54, 1.807) is 7.05 Å².